The van der Waals surface area contributed by atoms with E-state index in [-0.39, 0.29) is 15.6 Å². The first-order valence-corrected chi connectivity index (χ1v) is 11.7. The van der Waals surface area contributed by atoms with Crippen molar-refractivity contribution < 1.29 is 30.8 Å². The van der Waals surface area contributed by atoms with Gasteiger partial charge in [-0.05, 0) is 48.5 Å². The number of amides is 1. The van der Waals surface area contributed by atoms with Crippen LogP contribution in [0.3, 0.4) is 0 Å². The van der Waals surface area contributed by atoms with E-state index in [4.69, 9.17) is 11.6 Å². The molecule has 1 amide bonds. The van der Waals surface area contributed by atoms with Crippen molar-refractivity contribution in [3.8, 4) is 0 Å². The summed E-state index contributed by atoms with van der Waals surface area (Å²) in [4.78, 5) is 12.4. The molecule has 0 heterocycles. The summed E-state index contributed by atoms with van der Waals surface area (Å²) in [6.07, 6.45) is -4.79. The number of halogens is 6. The second-order valence-electron chi connectivity index (χ2n) is 6.66. The van der Waals surface area contributed by atoms with E-state index < -0.39 is 45.7 Å². The van der Waals surface area contributed by atoms with Gasteiger partial charge < -0.3 is 5.32 Å². The topological polar surface area (TPSA) is 66.5 Å². The molecule has 5 nitrogen and oxygen atoms in total. The van der Waals surface area contributed by atoms with Crippen LogP contribution in [0.4, 0.5) is 28.9 Å². The van der Waals surface area contributed by atoms with Crippen LogP contribution in [0.15, 0.2) is 76.1 Å². The SMILES string of the molecule is O=C(CN(c1cc(C(F)(F)F)ccc1Cl)S(=O)(=O)c1ccccc1)Nc1ccc(Br)cc1F. The summed E-state index contributed by atoms with van der Waals surface area (Å²) in [6.45, 7) is -0.965. The number of nitrogens with zero attached hydrogens (tertiary/aromatic N) is 1. The van der Waals surface area contributed by atoms with Crippen LogP contribution in [0.25, 0.3) is 0 Å². The normalized spacial score (nSPS) is 11.8. The molecule has 0 saturated carbocycles. The van der Waals surface area contributed by atoms with Gasteiger partial charge in [-0.25, -0.2) is 12.8 Å². The highest BCUT2D eigenvalue weighted by Gasteiger charge is 2.34. The van der Waals surface area contributed by atoms with Crippen LogP contribution < -0.4 is 9.62 Å². The van der Waals surface area contributed by atoms with Crippen molar-refractivity contribution in [3.05, 3.63) is 87.6 Å². The third-order valence-electron chi connectivity index (χ3n) is 4.37. The van der Waals surface area contributed by atoms with Gasteiger partial charge in [0.2, 0.25) is 5.91 Å². The molecule has 1 N–H and O–H groups in total. The number of carbonyl (C=O) groups is 1. The average molecular weight is 566 g/mol. The van der Waals surface area contributed by atoms with Gasteiger partial charge >= 0.3 is 6.18 Å². The summed E-state index contributed by atoms with van der Waals surface area (Å²) in [6, 6.07) is 12.7. The molecule has 0 unspecified atom stereocenters. The van der Waals surface area contributed by atoms with Crippen LogP contribution >= 0.6 is 27.5 Å². The highest BCUT2D eigenvalue weighted by Crippen LogP contribution is 2.37. The molecule has 0 radical (unpaired) electrons. The van der Waals surface area contributed by atoms with Gasteiger partial charge in [0.05, 0.1) is 26.9 Å². The van der Waals surface area contributed by atoms with Gasteiger partial charge in [0.15, 0.2) is 0 Å². The van der Waals surface area contributed by atoms with Crippen molar-refractivity contribution in [2.24, 2.45) is 0 Å². The Labute approximate surface area is 200 Å². The van der Waals surface area contributed by atoms with E-state index in [1.165, 1.54) is 36.4 Å². The monoisotopic (exact) mass is 564 g/mol. The second kappa shape index (κ2) is 9.70. The maximum Gasteiger partial charge on any atom is 0.416 e. The highest BCUT2D eigenvalue weighted by atomic mass is 79.9. The number of benzene rings is 3. The van der Waals surface area contributed by atoms with Gasteiger partial charge in [-0.3, -0.25) is 9.10 Å². The summed E-state index contributed by atoms with van der Waals surface area (Å²) in [5.41, 5.74) is -1.95. The van der Waals surface area contributed by atoms with E-state index in [0.29, 0.717) is 20.9 Å². The smallest absolute Gasteiger partial charge is 0.322 e. The number of anilines is 2. The van der Waals surface area contributed by atoms with Crippen LogP contribution in [0.2, 0.25) is 5.02 Å². The first-order chi connectivity index (χ1) is 15.4. The Morgan fingerprint density at radius 3 is 2.30 bits per heavy atom. The van der Waals surface area contributed by atoms with Gasteiger partial charge in [0.1, 0.15) is 12.4 Å². The minimum Gasteiger partial charge on any atom is -0.322 e. The number of sulfonamides is 1. The Bertz CT molecular complexity index is 1290. The van der Waals surface area contributed by atoms with Crippen LogP contribution in [-0.2, 0) is 21.0 Å². The van der Waals surface area contributed by atoms with Crippen molar-refractivity contribution in [1.82, 2.24) is 0 Å². The molecule has 0 bridgehead atoms. The largest absolute Gasteiger partial charge is 0.416 e. The summed E-state index contributed by atoms with van der Waals surface area (Å²) in [5, 5.41) is 1.89. The van der Waals surface area contributed by atoms with E-state index in [9.17, 15) is 30.8 Å². The average Bonchev–Trinajstić information content (AvgIpc) is 2.74. The minimum absolute atomic E-state index is 0.240. The molecule has 12 heteroatoms. The third kappa shape index (κ3) is 5.84. The number of carbonyl (C=O) groups excluding carboxylic acids is 1. The molecule has 0 atom stereocenters. The number of nitrogens with one attached hydrogen (secondary N) is 1. The molecule has 3 aromatic carbocycles. The van der Waals surface area contributed by atoms with Gasteiger partial charge in [-0.1, -0.05) is 45.7 Å². The maximum atomic E-state index is 14.1. The van der Waals surface area contributed by atoms with E-state index in [1.807, 2.05) is 0 Å². The second-order valence-corrected chi connectivity index (χ2v) is 9.85. The molecule has 3 aromatic rings. The zero-order valence-corrected chi connectivity index (χ0v) is 19.6. The summed E-state index contributed by atoms with van der Waals surface area (Å²) < 4.78 is 81.3. The number of hydrogen-bond acceptors (Lipinski definition) is 3. The van der Waals surface area contributed by atoms with Crippen LogP contribution in [0.1, 0.15) is 5.56 Å². The molecule has 0 aliphatic carbocycles. The molecule has 174 valence electrons. The summed E-state index contributed by atoms with van der Waals surface area (Å²) >= 11 is 9.12. The van der Waals surface area contributed by atoms with Crippen molar-refractivity contribution >= 4 is 54.8 Å². The number of alkyl halides is 3. The van der Waals surface area contributed by atoms with Crippen LogP contribution in [-0.4, -0.2) is 20.9 Å². The fraction of sp³-hybridized carbons (Fsp3) is 0.0952. The Morgan fingerprint density at radius 2 is 1.70 bits per heavy atom. The van der Waals surface area contributed by atoms with Crippen molar-refractivity contribution in [1.29, 1.82) is 0 Å². The van der Waals surface area contributed by atoms with Gasteiger partial charge in [0.25, 0.3) is 10.0 Å². The van der Waals surface area contributed by atoms with Crippen molar-refractivity contribution in [2.75, 3.05) is 16.2 Å². The summed E-state index contributed by atoms with van der Waals surface area (Å²) in [5.74, 6) is -1.79. The van der Waals surface area contributed by atoms with E-state index >= 15 is 0 Å². The Morgan fingerprint density at radius 1 is 1.03 bits per heavy atom. The maximum absolute atomic E-state index is 14.1. The van der Waals surface area contributed by atoms with Crippen molar-refractivity contribution in [2.45, 2.75) is 11.1 Å². The fourth-order valence-corrected chi connectivity index (χ4v) is 4.87. The van der Waals surface area contributed by atoms with Gasteiger partial charge in [-0.15, -0.1) is 0 Å². The molecule has 0 fully saturated rings. The quantitative estimate of drug-likeness (QED) is 0.368. The Balaban J connectivity index is 2.06. The predicted molar refractivity (Wildman–Crippen MR) is 120 cm³/mol. The lowest BCUT2D eigenvalue weighted by Crippen LogP contribution is -2.38. The highest BCUT2D eigenvalue weighted by molar-refractivity contribution is 9.10. The lowest BCUT2D eigenvalue weighted by molar-refractivity contribution is -0.137. The standard InChI is InChI=1S/C21H14BrClF4N2O3S/c22-14-7-9-18(17(24)11-14)28-20(30)12-29(33(31,32)15-4-2-1-3-5-15)19-10-13(21(25,26)27)6-8-16(19)23/h1-11H,12H2,(H,28,30). The fourth-order valence-electron chi connectivity index (χ4n) is 2.81. The third-order valence-corrected chi connectivity index (χ3v) is 6.95. The summed E-state index contributed by atoms with van der Waals surface area (Å²) in [7, 11) is -4.52. The first-order valence-electron chi connectivity index (χ1n) is 9.09. The van der Waals surface area contributed by atoms with Crippen LogP contribution in [0, 0.1) is 5.82 Å². The number of rotatable bonds is 6. The molecule has 33 heavy (non-hydrogen) atoms. The molecular formula is C21H14BrClF4N2O3S. The lowest BCUT2D eigenvalue weighted by atomic mass is 10.2. The zero-order valence-electron chi connectivity index (χ0n) is 16.4. The first kappa shape index (κ1) is 25.0. The van der Waals surface area contributed by atoms with Gasteiger partial charge in [0, 0.05) is 4.47 Å². The van der Waals surface area contributed by atoms with E-state index in [1.54, 1.807) is 6.07 Å². The van der Waals surface area contributed by atoms with E-state index in [0.717, 1.165) is 12.1 Å². The Kier molecular flexibility index (Phi) is 7.35. The van der Waals surface area contributed by atoms with Gasteiger partial charge in [-0.2, -0.15) is 13.2 Å². The van der Waals surface area contributed by atoms with E-state index in [2.05, 4.69) is 21.2 Å². The molecule has 0 spiro atoms. The minimum atomic E-state index is -4.79. The molecular weight excluding hydrogens is 552 g/mol. The molecule has 0 saturated heterocycles. The lowest BCUT2D eigenvalue weighted by Gasteiger charge is -2.26. The molecule has 3 rings (SSSR count). The van der Waals surface area contributed by atoms with Crippen molar-refractivity contribution in [3.63, 3.8) is 0 Å². The Hall–Kier alpha value is -2.63. The molecule has 0 aliphatic heterocycles. The molecule has 0 aromatic heterocycles. The molecule has 0 aliphatic rings. The van der Waals surface area contributed by atoms with Crippen LogP contribution in [0.5, 0.6) is 0 Å². The zero-order chi connectivity index (χ0) is 24.4. The predicted octanol–water partition coefficient (Wildman–Crippen LogP) is 6.09. The number of hydrogen-bond donors (Lipinski definition) is 1.